The molecule has 7 nitrogen and oxygen atoms in total. The summed E-state index contributed by atoms with van der Waals surface area (Å²) in [6.07, 6.45) is 1.27. The van der Waals surface area contributed by atoms with Crippen molar-refractivity contribution in [3.63, 3.8) is 0 Å². The van der Waals surface area contributed by atoms with Crippen LogP contribution in [0.2, 0.25) is 5.02 Å². The maximum atomic E-state index is 12.7. The molecule has 2 aromatic heterocycles. The minimum absolute atomic E-state index is 0.0207. The highest BCUT2D eigenvalue weighted by molar-refractivity contribution is 9.10. The summed E-state index contributed by atoms with van der Waals surface area (Å²) < 4.78 is 1.42. The summed E-state index contributed by atoms with van der Waals surface area (Å²) in [6, 6.07) is 8.35. The van der Waals surface area contributed by atoms with E-state index in [4.69, 9.17) is 16.7 Å². The lowest BCUT2D eigenvalue weighted by atomic mass is 10.1. The first-order valence-corrected chi connectivity index (χ1v) is 9.17. The Morgan fingerprint density at radius 3 is 2.63 bits per heavy atom. The number of hydrogen-bond acceptors (Lipinski definition) is 4. The van der Waals surface area contributed by atoms with Crippen LogP contribution in [-0.4, -0.2) is 27.2 Å². The van der Waals surface area contributed by atoms with Crippen molar-refractivity contribution in [3.8, 4) is 0 Å². The zero-order valence-electron chi connectivity index (χ0n) is 14.0. The molecule has 3 aromatic rings. The molecule has 1 aromatic carbocycles. The van der Waals surface area contributed by atoms with Gasteiger partial charge >= 0.3 is 0 Å². The van der Waals surface area contributed by atoms with Gasteiger partial charge in [-0.05, 0) is 39.7 Å². The molecule has 0 aliphatic rings. The van der Waals surface area contributed by atoms with Crippen LogP contribution in [0.3, 0.4) is 0 Å². The van der Waals surface area contributed by atoms with Gasteiger partial charge in [0.15, 0.2) is 0 Å². The Labute approximate surface area is 166 Å². The highest BCUT2D eigenvalue weighted by Crippen LogP contribution is 2.13. The second kappa shape index (κ2) is 8.08. The number of nitrogens with zero attached hydrogens (tertiary/aromatic N) is 1. The van der Waals surface area contributed by atoms with E-state index < -0.39 is 11.3 Å². The Balaban J connectivity index is 1.95. The van der Waals surface area contributed by atoms with E-state index in [0.717, 1.165) is 5.56 Å². The topological polar surface area (TPSA) is 104 Å². The van der Waals surface area contributed by atoms with Gasteiger partial charge in [0.05, 0.1) is 23.0 Å². The third-order valence-electron chi connectivity index (χ3n) is 4.02. The number of carbonyl (C=O) groups is 1. The number of halogens is 2. The monoisotopic (exact) mass is 451 g/mol. The van der Waals surface area contributed by atoms with Crippen molar-refractivity contribution >= 4 is 44.5 Å². The highest BCUT2D eigenvalue weighted by atomic mass is 79.9. The summed E-state index contributed by atoms with van der Waals surface area (Å²) >= 11 is 8.95. The van der Waals surface area contributed by atoms with E-state index in [0.29, 0.717) is 5.02 Å². The highest BCUT2D eigenvalue weighted by Gasteiger charge is 2.16. The van der Waals surface area contributed by atoms with Gasteiger partial charge in [-0.25, -0.2) is 0 Å². The van der Waals surface area contributed by atoms with Crippen LogP contribution in [0.15, 0.2) is 50.6 Å². The molecule has 0 aliphatic carbocycles. The van der Waals surface area contributed by atoms with Crippen LogP contribution in [0.1, 0.15) is 15.9 Å². The van der Waals surface area contributed by atoms with Gasteiger partial charge in [0.25, 0.3) is 11.5 Å². The van der Waals surface area contributed by atoms with Crippen molar-refractivity contribution < 1.29 is 9.90 Å². The molecular formula is C18H15BrClN3O4. The van der Waals surface area contributed by atoms with Crippen LogP contribution < -0.4 is 16.3 Å². The summed E-state index contributed by atoms with van der Waals surface area (Å²) in [5.74, 6) is -0.538. The van der Waals surface area contributed by atoms with Crippen molar-refractivity contribution in [2.45, 2.75) is 13.1 Å². The molecule has 9 heteroatoms. The van der Waals surface area contributed by atoms with Gasteiger partial charge in [-0.2, -0.15) is 0 Å². The molecule has 0 unspecified atom stereocenters. The Morgan fingerprint density at radius 1 is 1.26 bits per heavy atom. The minimum atomic E-state index is -0.538. The zero-order chi connectivity index (χ0) is 19.6. The fourth-order valence-electron chi connectivity index (χ4n) is 2.67. The molecule has 0 saturated heterocycles. The Hall–Kier alpha value is -2.42. The molecule has 140 valence electrons. The van der Waals surface area contributed by atoms with Gasteiger partial charge < -0.3 is 15.4 Å². The van der Waals surface area contributed by atoms with Gasteiger partial charge in [-0.15, -0.1) is 0 Å². The van der Waals surface area contributed by atoms with Crippen LogP contribution in [0.4, 0.5) is 0 Å². The van der Waals surface area contributed by atoms with Crippen molar-refractivity contribution in [1.29, 1.82) is 0 Å². The van der Waals surface area contributed by atoms with Gasteiger partial charge in [-0.1, -0.05) is 23.7 Å². The number of fused-ring (bicyclic) bond motifs is 1. The lowest BCUT2D eigenvalue weighted by Gasteiger charge is -2.11. The Kier molecular flexibility index (Phi) is 5.79. The molecule has 1 amide bonds. The number of carbonyl (C=O) groups excluding carboxylic acids is 1. The second-order valence-electron chi connectivity index (χ2n) is 5.78. The summed E-state index contributed by atoms with van der Waals surface area (Å²) in [6.45, 7) is -0.00910. The van der Waals surface area contributed by atoms with E-state index in [2.05, 4.69) is 26.2 Å². The third-order valence-corrected chi connectivity index (χ3v) is 4.84. The summed E-state index contributed by atoms with van der Waals surface area (Å²) in [4.78, 5) is 40.2. The predicted molar refractivity (Wildman–Crippen MR) is 106 cm³/mol. The average molecular weight is 453 g/mol. The lowest BCUT2D eigenvalue weighted by molar-refractivity contribution is 0.0949. The van der Waals surface area contributed by atoms with Gasteiger partial charge in [-0.3, -0.25) is 19.0 Å². The first-order chi connectivity index (χ1) is 12.9. The molecule has 0 bridgehead atoms. The van der Waals surface area contributed by atoms with E-state index in [-0.39, 0.29) is 46.3 Å². The molecule has 27 heavy (non-hydrogen) atoms. The second-order valence-corrected chi connectivity index (χ2v) is 7.07. The van der Waals surface area contributed by atoms with Gasteiger partial charge in [0.1, 0.15) is 11.2 Å². The summed E-state index contributed by atoms with van der Waals surface area (Å²) in [7, 11) is 0. The molecule has 0 fully saturated rings. The summed E-state index contributed by atoms with van der Waals surface area (Å²) in [5.41, 5.74) is 0.121. The fourth-order valence-corrected chi connectivity index (χ4v) is 3.24. The minimum Gasteiger partial charge on any atom is -0.395 e. The number of benzene rings is 1. The first-order valence-electron chi connectivity index (χ1n) is 8.00. The smallest absolute Gasteiger partial charge is 0.266 e. The van der Waals surface area contributed by atoms with Crippen LogP contribution in [0.25, 0.3) is 11.0 Å². The van der Waals surface area contributed by atoms with Crippen LogP contribution in [0.5, 0.6) is 0 Å². The predicted octanol–water partition coefficient (Wildman–Crippen LogP) is 2.03. The molecule has 0 saturated carbocycles. The molecule has 3 N–H and O–H groups in total. The first kappa shape index (κ1) is 19.3. The number of aliphatic hydroxyl groups is 1. The van der Waals surface area contributed by atoms with Gasteiger partial charge in [0.2, 0.25) is 5.43 Å². The van der Waals surface area contributed by atoms with Crippen molar-refractivity contribution in [1.82, 2.24) is 14.9 Å². The van der Waals surface area contributed by atoms with E-state index in [1.807, 2.05) is 0 Å². The normalized spacial score (nSPS) is 10.9. The molecule has 0 aliphatic heterocycles. The summed E-state index contributed by atoms with van der Waals surface area (Å²) in [5, 5.41) is 12.6. The number of aliphatic hydroxyl groups excluding tert-OH is 1. The van der Waals surface area contributed by atoms with Gasteiger partial charge in [0, 0.05) is 17.8 Å². The number of pyridine rings is 2. The van der Waals surface area contributed by atoms with Crippen molar-refractivity contribution in [2.75, 3.05) is 6.61 Å². The fraction of sp³-hybridized carbons (Fsp3) is 0.167. The van der Waals surface area contributed by atoms with E-state index >= 15 is 0 Å². The maximum absolute atomic E-state index is 12.7. The Bertz CT molecular complexity index is 1120. The van der Waals surface area contributed by atoms with Crippen molar-refractivity contribution in [3.05, 3.63) is 77.7 Å². The van der Waals surface area contributed by atoms with E-state index in [1.54, 1.807) is 24.3 Å². The van der Waals surface area contributed by atoms with E-state index in [9.17, 15) is 14.4 Å². The number of amides is 1. The van der Waals surface area contributed by atoms with E-state index in [1.165, 1.54) is 16.8 Å². The molecule has 3 rings (SSSR count). The molecule has 0 radical (unpaired) electrons. The molecule has 0 spiro atoms. The maximum Gasteiger partial charge on any atom is 0.266 e. The van der Waals surface area contributed by atoms with Crippen molar-refractivity contribution in [2.24, 2.45) is 0 Å². The third kappa shape index (κ3) is 3.97. The quantitative estimate of drug-likeness (QED) is 0.551. The number of aromatic amines is 1. The Morgan fingerprint density at radius 2 is 1.96 bits per heavy atom. The number of rotatable bonds is 5. The van der Waals surface area contributed by atoms with Crippen LogP contribution >= 0.6 is 27.5 Å². The number of nitrogens with one attached hydrogen (secondary N) is 2. The molecule has 0 atom stereocenters. The number of H-pyrrole nitrogens is 1. The standard InChI is InChI=1S/C18H15BrClN3O4/c19-14-7-12-15(25)13(9-21-16(12)23(5-6-24)18(14)27)17(26)22-8-10-1-3-11(20)4-2-10/h1-4,7,9,24H,5-6,8H2,(H,21,25)(H,22,26). The van der Waals surface area contributed by atoms with Crippen LogP contribution in [0, 0.1) is 0 Å². The molecular weight excluding hydrogens is 438 g/mol. The SMILES string of the molecule is O=C(NCc1ccc(Cl)cc1)c1c[nH]c2c(cc(Br)c(=O)n2CCO)c1=O. The average Bonchev–Trinajstić information content (AvgIpc) is 2.65. The number of hydrogen-bond donors (Lipinski definition) is 3. The number of aromatic nitrogens is 2. The lowest BCUT2D eigenvalue weighted by Crippen LogP contribution is -2.30. The molecule has 2 heterocycles. The van der Waals surface area contributed by atoms with Crippen LogP contribution in [-0.2, 0) is 13.1 Å². The zero-order valence-corrected chi connectivity index (χ0v) is 16.3. The largest absolute Gasteiger partial charge is 0.395 e.